The number of rotatable bonds is 14. The van der Waals surface area contributed by atoms with Gasteiger partial charge in [-0.05, 0) is 111 Å². The number of fused-ring (bicyclic) bond motifs is 4. The molecule has 7 heterocycles. The number of alkyl halides is 1. The van der Waals surface area contributed by atoms with Crippen molar-refractivity contribution in [2.45, 2.75) is 62.5 Å². The summed E-state index contributed by atoms with van der Waals surface area (Å²) in [6.07, 6.45) is 11.2. The number of thioether (sulfide) groups is 1. The SMILES string of the molecule is CSc1cnc(CCC(C)CCc2nc3ccc(N4CCCS4(=O)=O)cc3o2)nc1.Nc1ccc2nc(Cl)sc2c1.O=S(=O)(CCCCl)Cc1ccc2nc(Cl)sc2c1.O=S1(=O)CCCN1c1ccc2nc(Cl)sc2c1. The van der Waals surface area contributed by atoms with Crippen LogP contribution < -0.4 is 14.3 Å². The number of oxazole rings is 1. The molecule has 2 aliphatic heterocycles. The van der Waals surface area contributed by atoms with E-state index in [9.17, 15) is 25.3 Å². The smallest absolute Gasteiger partial charge is 0.235 e. The molecule has 76 heavy (non-hydrogen) atoms. The Kier molecular flexibility index (Phi) is 19.7. The van der Waals surface area contributed by atoms with Crippen LogP contribution in [0.25, 0.3) is 41.7 Å². The number of thiazole rings is 3. The highest BCUT2D eigenvalue weighted by atomic mass is 35.5. The zero-order chi connectivity index (χ0) is 54.2. The zero-order valence-corrected chi connectivity index (χ0v) is 49.7. The first kappa shape index (κ1) is 58.0. The van der Waals surface area contributed by atoms with Gasteiger partial charge in [-0.3, -0.25) is 8.61 Å². The minimum Gasteiger partial charge on any atom is -0.441 e. The molecule has 2 fully saturated rings. The Bertz CT molecular complexity index is 3800. The maximum atomic E-state index is 12.1. The van der Waals surface area contributed by atoms with E-state index < -0.39 is 29.9 Å². The van der Waals surface area contributed by atoms with Gasteiger partial charge in [0.1, 0.15) is 11.3 Å². The van der Waals surface area contributed by atoms with E-state index in [1.54, 1.807) is 42.1 Å². The van der Waals surface area contributed by atoms with Crippen molar-refractivity contribution < 1.29 is 29.7 Å². The minimum atomic E-state index is -3.20. The molecule has 5 aromatic heterocycles. The fourth-order valence-corrected chi connectivity index (χ4v) is 16.5. The number of nitrogen functional groups attached to an aromatic ring is 1. The van der Waals surface area contributed by atoms with Gasteiger partial charge in [0.2, 0.25) is 20.0 Å². The van der Waals surface area contributed by atoms with Gasteiger partial charge in [0.15, 0.2) is 34.7 Å². The lowest BCUT2D eigenvalue weighted by atomic mass is 9.99. The Balaban J connectivity index is 0.000000143. The van der Waals surface area contributed by atoms with Crippen LogP contribution in [0.4, 0.5) is 17.1 Å². The molecule has 0 aliphatic carbocycles. The molecule has 1 atom stereocenters. The molecular formula is C49H51Cl4N9O7S7. The van der Waals surface area contributed by atoms with E-state index in [2.05, 4.69) is 36.8 Å². The molecule has 0 spiro atoms. The number of aryl methyl sites for hydroxylation is 2. The Morgan fingerprint density at radius 1 is 0.711 bits per heavy atom. The second kappa shape index (κ2) is 25.8. The molecule has 404 valence electrons. The lowest BCUT2D eigenvalue weighted by molar-refractivity contribution is 0.444. The van der Waals surface area contributed by atoms with Crippen molar-refractivity contribution >= 4 is 181 Å². The van der Waals surface area contributed by atoms with Crippen molar-refractivity contribution in [1.82, 2.24) is 29.9 Å². The number of sulfone groups is 1. The fourth-order valence-electron chi connectivity index (χ4n) is 8.13. The van der Waals surface area contributed by atoms with E-state index >= 15 is 0 Å². The van der Waals surface area contributed by atoms with Gasteiger partial charge < -0.3 is 10.2 Å². The first-order valence-electron chi connectivity index (χ1n) is 23.7. The molecule has 11 rings (SSSR count). The number of halogens is 4. The van der Waals surface area contributed by atoms with Crippen LogP contribution in [-0.4, -0.2) is 97.6 Å². The molecular weight excluding hydrogens is 1190 g/mol. The molecule has 0 radical (unpaired) electrons. The molecule has 2 aliphatic rings. The quantitative estimate of drug-likeness (QED) is 0.0607. The number of nitrogens with two attached hydrogens (primary N) is 1. The van der Waals surface area contributed by atoms with Crippen LogP contribution in [0.15, 0.2) is 94.5 Å². The van der Waals surface area contributed by atoms with Crippen LogP contribution in [0.1, 0.15) is 56.3 Å². The topological polar surface area (TPSA) is 225 Å². The fraction of sp³-hybridized carbons (Fsp3) is 0.347. The Morgan fingerprint density at radius 2 is 1.24 bits per heavy atom. The third kappa shape index (κ3) is 15.6. The summed E-state index contributed by atoms with van der Waals surface area (Å²) in [5.41, 5.74) is 12.4. The molecule has 1 unspecified atom stereocenters. The number of aromatic nitrogens is 6. The normalized spacial score (nSPS) is 15.3. The highest BCUT2D eigenvalue weighted by Crippen LogP contribution is 2.33. The van der Waals surface area contributed by atoms with Crippen LogP contribution in [0.2, 0.25) is 13.4 Å². The molecule has 2 saturated heterocycles. The lowest BCUT2D eigenvalue weighted by Gasteiger charge is -2.16. The first-order chi connectivity index (χ1) is 36.3. The average Bonchev–Trinajstić information content (AvgIpc) is 4.25. The summed E-state index contributed by atoms with van der Waals surface area (Å²) in [6.45, 7) is 3.30. The predicted molar refractivity (Wildman–Crippen MR) is 316 cm³/mol. The van der Waals surface area contributed by atoms with Crippen molar-refractivity contribution in [1.29, 1.82) is 0 Å². The lowest BCUT2D eigenvalue weighted by Crippen LogP contribution is -2.24. The van der Waals surface area contributed by atoms with Crippen LogP contribution in [-0.2, 0) is 48.5 Å². The molecule has 9 aromatic rings. The number of hydrogen-bond acceptors (Lipinski definition) is 18. The molecule has 0 saturated carbocycles. The highest BCUT2D eigenvalue weighted by Gasteiger charge is 2.30. The summed E-state index contributed by atoms with van der Waals surface area (Å²) < 4.78 is 84.7. The third-order valence-corrected chi connectivity index (χ3v) is 21.7. The van der Waals surface area contributed by atoms with Gasteiger partial charge in [0, 0.05) is 60.9 Å². The Hall–Kier alpha value is -4.14. The van der Waals surface area contributed by atoms with Crippen molar-refractivity contribution in [3.05, 3.63) is 116 Å². The number of benzene rings is 4. The molecule has 0 bridgehead atoms. The first-order valence-corrected chi connectivity index (χ1v) is 34.1. The van der Waals surface area contributed by atoms with Gasteiger partial charge in [-0.25, -0.2) is 55.2 Å². The van der Waals surface area contributed by atoms with Gasteiger partial charge in [-0.2, -0.15) is 0 Å². The number of anilines is 3. The summed E-state index contributed by atoms with van der Waals surface area (Å²) >= 11 is 28.6. The van der Waals surface area contributed by atoms with Crippen molar-refractivity contribution in [2.75, 3.05) is 56.8 Å². The van der Waals surface area contributed by atoms with Crippen LogP contribution in [0.5, 0.6) is 0 Å². The Labute approximate surface area is 477 Å². The molecule has 27 heteroatoms. The van der Waals surface area contributed by atoms with Crippen molar-refractivity contribution in [3.63, 3.8) is 0 Å². The van der Waals surface area contributed by atoms with E-state index in [1.807, 2.05) is 61.1 Å². The van der Waals surface area contributed by atoms with Gasteiger partial charge in [-0.1, -0.05) is 47.8 Å². The largest absolute Gasteiger partial charge is 0.441 e. The van der Waals surface area contributed by atoms with Gasteiger partial charge in [0.05, 0.1) is 65.0 Å². The monoisotopic (exact) mass is 1240 g/mol. The minimum absolute atomic E-state index is 0.0371. The van der Waals surface area contributed by atoms with Crippen LogP contribution >= 0.6 is 92.2 Å². The van der Waals surface area contributed by atoms with Gasteiger partial charge in [0.25, 0.3) is 0 Å². The summed E-state index contributed by atoms with van der Waals surface area (Å²) in [7, 11) is -9.41. The van der Waals surface area contributed by atoms with E-state index in [-0.39, 0.29) is 23.0 Å². The van der Waals surface area contributed by atoms with Crippen LogP contribution in [0.3, 0.4) is 0 Å². The van der Waals surface area contributed by atoms with Crippen LogP contribution in [0, 0.1) is 5.92 Å². The average molecular weight is 1240 g/mol. The third-order valence-electron chi connectivity index (χ3n) is 12.0. The summed E-state index contributed by atoms with van der Waals surface area (Å²) in [4.78, 5) is 26.8. The molecule has 4 aromatic carbocycles. The molecule has 2 N–H and O–H groups in total. The van der Waals surface area contributed by atoms with E-state index in [0.717, 1.165) is 83.8 Å². The highest BCUT2D eigenvalue weighted by molar-refractivity contribution is 7.98. The maximum absolute atomic E-state index is 12.1. The predicted octanol–water partition coefficient (Wildman–Crippen LogP) is 12.6. The van der Waals surface area contributed by atoms with E-state index in [0.29, 0.717) is 80.4 Å². The van der Waals surface area contributed by atoms with E-state index in [4.69, 9.17) is 56.6 Å². The number of sulfonamides is 2. The standard InChI is InChI=1S/C21H26N4O3S2.C11H11Cl2NO2S2.C10H9ClN2O2S2.C7H5ClN2S/c1-15(4-8-20-22-13-17(29-2)14-23-20)5-9-21-24-18-7-6-16(12-19(18)28-21)25-10-3-11-30(25,26)27;12-4-1-5-18(15,16)7-8-2-3-9-10(6-8)17-11(13)14-9;11-10-12-8-3-2-7(6-9(8)16-10)13-4-1-5-17(13,14)15;8-7-10-5-2-1-4(9)3-6(5)11-7/h6-7,12-15H,3-5,8-11H2,1-2H3;2-3,6H,1,4-5,7H2;2-3,6H,1,4-5H2;1-3H,9H2. The Morgan fingerprint density at radius 3 is 1.80 bits per heavy atom. The maximum Gasteiger partial charge on any atom is 0.235 e. The summed E-state index contributed by atoms with van der Waals surface area (Å²) in [6, 6.07) is 21.8. The van der Waals surface area contributed by atoms with E-state index in [1.165, 1.54) is 42.6 Å². The number of nitrogens with zero attached hydrogens (tertiary/aromatic N) is 8. The zero-order valence-electron chi connectivity index (χ0n) is 40.9. The van der Waals surface area contributed by atoms with Gasteiger partial charge >= 0.3 is 0 Å². The van der Waals surface area contributed by atoms with Crippen molar-refractivity contribution in [3.8, 4) is 0 Å². The van der Waals surface area contributed by atoms with Crippen molar-refractivity contribution in [2.24, 2.45) is 5.92 Å². The van der Waals surface area contributed by atoms with Gasteiger partial charge in [-0.15, -0.1) is 57.4 Å². The summed E-state index contributed by atoms with van der Waals surface area (Å²) in [5.74, 6) is 3.03. The second-order valence-corrected chi connectivity index (χ2v) is 30.0. The number of hydrogen-bond donors (Lipinski definition) is 1. The summed E-state index contributed by atoms with van der Waals surface area (Å²) in [5, 5.41) is 0. The molecule has 0 amide bonds. The molecule has 16 nitrogen and oxygen atoms in total. The second-order valence-electron chi connectivity index (χ2n) is 17.7.